The molecule has 4 saturated carbocycles. The summed E-state index contributed by atoms with van der Waals surface area (Å²) in [6, 6.07) is 9.20. The highest BCUT2D eigenvalue weighted by molar-refractivity contribution is 5.45. The molecule has 0 aromatic carbocycles. The van der Waals surface area contributed by atoms with E-state index in [1.807, 2.05) is 32.6 Å². The number of nitrogens with two attached hydrogens (primary N) is 1. The lowest BCUT2D eigenvalue weighted by atomic mass is 9.44. The van der Waals surface area contributed by atoms with Gasteiger partial charge >= 0.3 is 0 Å². The Kier molecular flexibility index (Phi) is 17.6. The van der Waals surface area contributed by atoms with Gasteiger partial charge in [-0.05, 0) is 167 Å². The van der Waals surface area contributed by atoms with Crippen molar-refractivity contribution >= 4 is 11.4 Å². The topological polar surface area (TPSA) is 82.3 Å². The van der Waals surface area contributed by atoms with Crippen LogP contribution in [0.5, 0.6) is 0 Å². The predicted molar refractivity (Wildman–Crippen MR) is 245 cm³/mol. The van der Waals surface area contributed by atoms with Gasteiger partial charge in [0.1, 0.15) is 0 Å². The average Bonchev–Trinajstić information content (AvgIpc) is 3.54. The SMILES string of the molecule is CCCc1cc(NCCCCNC2CCC3(C)C(CCC4C3CCC3(C)C(C(C)CCCC(C)C)CCC43)C2)ccn1.CN(CCN)Cc1cc(N(C)C)ccn1. The lowest BCUT2D eigenvalue weighted by Crippen LogP contribution is -2.55. The molecule has 7 nitrogen and oxygen atoms in total. The normalized spacial score (nSPS) is 29.9. The van der Waals surface area contributed by atoms with Crippen molar-refractivity contribution < 1.29 is 0 Å². The lowest BCUT2D eigenvalue weighted by Gasteiger charge is -2.61. The second-order valence-corrected chi connectivity index (χ2v) is 20.5. The van der Waals surface area contributed by atoms with Crippen LogP contribution in [0.4, 0.5) is 11.4 Å². The number of hydrogen-bond donors (Lipinski definition) is 3. The van der Waals surface area contributed by atoms with E-state index in [2.05, 4.69) is 97.2 Å². The molecule has 2 aromatic heterocycles. The summed E-state index contributed by atoms with van der Waals surface area (Å²) in [5.74, 6) is 6.76. The summed E-state index contributed by atoms with van der Waals surface area (Å²) in [5.41, 5.74) is 11.4. The molecule has 322 valence electrons. The number of nitrogens with zero attached hydrogens (tertiary/aromatic N) is 4. The number of aromatic nitrogens is 2. The Morgan fingerprint density at radius 2 is 1.56 bits per heavy atom. The van der Waals surface area contributed by atoms with Crippen molar-refractivity contribution in [3.63, 3.8) is 0 Å². The van der Waals surface area contributed by atoms with Crippen molar-refractivity contribution in [1.82, 2.24) is 20.2 Å². The minimum atomic E-state index is 0.606. The minimum absolute atomic E-state index is 0.606. The minimum Gasteiger partial charge on any atom is -0.385 e. The Hall–Kier alpha value is -2.22. The molecule has 2 aromatic rings. The van der Waals surface area contributed by atoms with Gasteiger partial charge in [0.15, 0.2) is 0 Å². The molecule has 57 heavy (non-hydrogen) atoms. The summed E-state index contributed by atoms with van der Waals surface area (Å²) in [6.07, 6.45) is 26.3. The van der Waals surface area contributed by atoms with Gasteiger partial charge in [-0.3, -0.25) is 14.9 Å². The van der Waals surface area contributed by atoms with Crippen LogP contribution in [-0.2, 0) is 13.0 Å². The Morgan fingerprint density at radius 1 is 0.825 bits per heavy atom. The lowest BCUT2D eigenvalue weighted by molar-refractivity contribution is -0.118. The van der Waals surface area contributed by atoms with Gasteiger partial charge in [-0.15, -0.1) is 0 Å². The standard InChI is InChI=1S/C39H67N3.C11H20N4/c1-7-11-31-27-33(20-25-42-31)41-24-9-8-23-40-32-18-21-38(5)30(26-32)14-15-34-36-17-16-35(29(4)13-10-12-28(2)3)39(36,6)22-19-37(34)38;1-14(2)11-4-6-13-10(8-11)9-15(3)7-5-12/h20,25,27-30,32,34-37,40H,7-19,21-24,26H2,1-6H3,(H,41,42);4,6,8H,5,7,9,12H2,1-3H3. The van der Waals surface area contributed by atoms with Crippen molar-refractivity contribution in [1.29, 1.82) is 0 Å². The maximum absolute atomic E-state index is 5.49. The second kappa shape index (κ2) is 21.9. The molecule has 4 aliphatic rings. The Balaban J connectivity index is 0.000000348. The molecule has 6 rings (SSSR count). The molecule has 0 radical (unpaired) electrons. The molecule has 7 heteroatoms. The van der Waals surface area contributed by atoms with Gasteiger partial charge in [-0.25, -0.2) is 0 Å². The number of unbranched alkanes of at least 4 members (excludes halogenated alkanes) is 1. The Bertz CT molecular complexity index is 1460. The fourth-order valence-electron chi connectivity index (χ4n) is 12.6. The number of fused-ring (bicyclic) bond motifs is 5. The van der Waals surface area contributed by atoms with Crippen LogP contribution in [0.2, 0.25) is 0 Å². The molecular formula is C50H87N7. The third kappa shape index (κ3) is 12.2. The third-order valence-electron chi connectivity index (χ3n) is 15.8. The number of likely N-dealkylation sites (N-methyl/N-ethyl adjacent to an activating group) is 1. The zero-order valence-electron chi connectivity index (χ0n) is 38.3. The first kappa shape index (κ1) is 45.9. The molecule has 4 fully saturated rings. The maximum Gasteiger partial charge on any atom is 0.0564 e. The molecule has 0 saturated heterocycles. The summed E-state index contributed by atoms with van der Waals surface area (Å²) < 4.78 is 0. The summed E-state index contributed by atoms with van der Waals surface area (Å²) in [7, 11) is 6.11. The van der Waals surface area contributed by atoms with Crippen LogP contribution in [0.25, 0.3) is 0 Å². The first-order valence-corrected chi connectivity index (χ1v) is 23.8. The second-order valence-electron chi connectivity index (χ2n) is 20.5. The quantitative estimate of drug-likeness (QED) is 0.122. The Morgan fingerprint density at radius 3 is 2.32 bits per heavy atom. The van der Waals surface area contributed by atoms with E-state index in [1.165, 1.54) is 114 Å². The molecule has 0 bridgehead atoms. The Labute approximate surface area is 350 Å². The van der Waals surface area contributed by atoms with Gasteiger partial charge in [-0.2, -0.15) is 0 Å². The van der Waals surface area contributed by atoms with Gasteiger partial charge in [0.05, 0.1) is 5.69 Å². The molecule has 0 spiro atoms. The smallest absolute Gasteiger partial charge is 0.0564 e. The zero-order chi connectivity index (χ0) is 41.0. The van der Waals surface area contributed by atoms with Crippen LogP contribution >= 0.6 is 0 Å². The molecular weight excluding hydrogens is 699 g/mol. The molecule has 4 aliphatic carbocycles. The van der Waals surface area contributed by atoms with Gasteiger partial charge in [0, 0.05) is 75.8 Å². The predicted octanol–water partition coefficient (Wildman–Crippen LogP) is 10.8. The van der Waals surface area contributed by atoms with Crippen LogP contribution in [0.15, 0.2) is 36.7 Å². The van der Waals surface area contributed by atoms with Crippen molar-refractivity contribution in [2.24, 2.45) is 58.0 Å². The summed E-state index contributed by atoms with van der Waals surface area (Å²) in [6.45, 7) is 19.8. The van der Waals surface area contributed by atoms with Gasteiger partial charge < -0.3 is 21.3 Å². The fraction of sp³-hybridized carbons (Fsp3) is 0.800. The van der Waals surface area contributed by atoms with E-state index < -0.39 is 0 Å². The molecule has 9 unspecified atom stereocenters. The number of aryl methyl sites for hydroxylation is 1. The van der Waals surface area contributed by atoms with Crippen LogP contribution in [0.1, 0.15) is 149 Å². The van der Waals surface area contributed by atoms with Crippen molar-refractivity contribution in [2.45, 2.75) is 157 Å². The first-order chi connectivity index (χ1) is 27.4. The number of pyridine rings is 2. The molecule has 9 atom stereocenters. The van der Waals surface area contributed by atoms with Crippen LogP contribution < -0.4 is 21.3 Å². The van der Waals surface area contributed by atoms with Crippen molar-refractivity contribution in [3.8, 4) is 0 Å². The van der Waals surface area contributed by atoms with E-state index in [4.69, 9.17) is 5.73 Å². The number of nitrogens with one attached hydrogen (secondary N) is 2. The van der Waals surface area contributed by atoms with E-state index in [1.54, 1.807) is 0 Å². The summed E-state index contributed by atoms with van der Waals surface area (Å²) >= 11 is 0. The zero-order valence-corrected chi connectivity index (χ0v) is 38.3. The average molecular weight is 786 g/mol. The first-order valence-electron chi connectivity index (χ1n) is 23.8. The maximum atomic E-state index is 5.49. The van der Waals surface area contributed by atoms with Crippen molar-refractivity contribution in [2.75, 3.05) is 57.5 Å². The highest BCUT2D eigenvalue weighted by atomic mass is 15.1. The van der Waals surface area contributed by atoms with E-state index in [-0.39, 0.29) is 0 Å². The van der Waals surface area contributed by atoms with Crippen LogP contribution in [-0.4, -0.2) is 68.2 Å². The van der Waals surface area contributed by atoms with E-state index in [0.29, 0.717) is 17.4 Å². The molecule has 0 amide bonds. The third-order valence-corrected chi connectivity index (χ3v) is 15.8. The van der Waals surface area contributed by atoms with Gasteiger partial charge in [0.2, 0.25) is 0 Å². The van der Waals surface area contributed by atoms with Crippen LogP contribution in [0, 0.1) is 52.3 Å². The summed E-state index contributed by atoms with van der Waals surface area (Å²) in [5, 5.41) is 7.64. The van der Waals surface area contributed by atoms with E-state index in [0.717, 1.165) is 85.6 Å². The largest absolute Gasteiger partial charge is 0.385 e. The highest BCUT2D eigenvalue weighted by Gasteiger charge is 2.60. The number of anilines is 2. The fourth-order valence-corrected chi connectivity index (χ4v) is 12.6. The van der Waals surface area contributed by atoms with Gasteiger partial charge in [-0.1, -0.05) is 67.2 Å². The van der Waals surface area contributed by atoms with Crippen LogP contribution in [0.3, 0.4) is 0 Å². The number of rotatable bonds is 19. The highest BCUT2D eigenvalue weighted by Crippen LogP contribution is 2.68. The van der Waals surface area contributed by atoms with E-state index >= 15 is 0 Å². The monoisotopic (exact) mass is 786 g/mol. The molecule has 2 heterocycles. The van der Waals surface area contributed by atoms with E-state index in [9.17, 15) is 0 Å². The summed E-state index contributed by atoms with van der Waals surface area (Å²) in [4.78, 5) is 13.1. The van der Waals surface area contributed by atoms with Crippen molar-refractivity contribution in [3.05, 3.63) is 48.0 Å². The number of hydrogen-bond acceptors (Lipinski definition) is 7. The molecule has 4 N–H and O–H groups in total. The molecule has 0 aliphatic heterocycles. The van der Waals surface area contributed by atoms with Gasteiger partial charge in [0.25, 0.3) is 0 Å².